The second kappa shape index (κ2) is 7.05. The number of hydrogen-bond donors (Lipinski definition) is 2. The van der Waals surface area contributed by atoms with Crippen LogP contribution < -0.4 is 10.6 Å². The highest BCUT2D eigenvalue weighted by Gasteiger charge is 2.18. The average Bonchev–Trinajstić information content (AvgIpc) is 2.94. The van der Waals surface area contributed by atoms with Gasteiger partial charge >= 0.3 is 0 Å². The van der Waals surface area contributed by atoms with Crippen LogP contribution in [0.5, 0.6) is 0 Å². The van der Waals surface area contributed by atoms with E-state index in [-0.39, 0.29) is 0 Å². The Morgan fingerprint density at radius 3 is 2.68 bits per heavy atom. The molecule has 5 nitrogen and oxygen atoms in total. The van der Waals surface area contributed by atoms with Crippen LogP contribution in [-0.2, 0) is 0 Å². The van der Waals surface area contributed by atoms with Gasteiger partial charge in [-0.15, -0.1) is 0 Å². The Hall–Kier alpha value is -0.880. The zero-order valence-electron chi connectivity index (χ0n) is 11.6. The number of anilines is 2. The van der Waals surface area contributed by atoms with Crippen molar-refractivity contribution in [3.63, 3.8) is 0 Å². The van der Waals surface area contributed by atoms with Crippen LogP contribution in [0.1, 0.15) is 25.7 Å². The summed E-state index contributed by atoms with van der Waals surface area (Å²) in [6.07, 6.45) is 7.02. The van der Waals surface area contributed by atoms with Gasteiger partial charge in [-0.25, -0.2) is 9.97 Å². The summed E-state index contributed by atoms with van der Waals surface area (Å²) in [5.41, 5.74) is 0. The first-order valence-corrected chi connectivity index (χ1v) is 7.64. The van der Waals surface area contributed by atoms with Gasteiger partial charge in [-0.3, -0.25) is 0 Å². The van der Waals surface area contributed by atoms with Gasteiger partial charge in [0.05, 0.1) is 0 Å². The first kappa shape index (κ1) is 14.5. The maximum atomic E-state index is 4.25. The molecule has 0 saturated heterocycles. The number of nitrogens with zero attached hydrogens (tertiary/aromatic N) is 3. The molecule has 2 N–H and O–H groups in total. The molecule has 0 bridgehead atoms. The van der Waals surface area contributed by atoms with Crippen molar-refractivity contribution in [3.8, 4) is 0 Å². The third-order valence-electron chi connectivity index (χ3n) is 3.73. The van der Waals surface area contributed by atoms with Gasteiger partial charge in [0.2, 0.25) is 0 Å². The lowest BCUT2D eigenvalue weighted by Crippen LogP contribution is -2.33. The Morgan fingerprint density at radius 2 is 2.00 bits per heavy atom. The van der Waals surface area contributed by atoms with Crippen LogP contribution in [0.25, 0.3) is 0 Å². The first-order valence-electron chi connectivity index (χ1n) is 6.84. The van der Waals surface area contributed by atoms with E-state index in [1.54, 1.807) is 6.33 Å². The zero-order chi connectivity index (χ0) is 13.7. The monoisotopic (exact) mass is 327 g/mol. The summed E-state index contributed by atoms with van der Waals surface area (Å²) >= 11 is 3.51. The van der Waals surface area contributed by atoms with E-state index in [2.05, 4.69) is 48.5 Å². The molecule has 0 aliphatic heterocycles. The molecule has 1 heterocycles. The van der Waals surface area contributed by atoms with E-state index in [4.69, 9.17) is 0 Å². The van der Waals surface area contributed by atoms with E-state index >= 15 is 0 Å². The lowest BCUT2D eigenvalue weighted by atomic mass is 10.2. The largest absolute Gasteiger partial charge is 0.372 e. The summed E-state index contributed by atoms with van der Waals surface area (Å²) in [5, 5.41) is 6.39. The zero-order valence-corrected chi connectivity index (χ0v) is 13.2. The Bertz CT molecular complexity index is 406. The minimum atomic E-state index is 0.767. The third-order valence-corrected chi connectivity index (χ3v) is 4.48. The molecule has 19 heavy (non-hydrogen) atoms. The van der Waals surface area contributed by atoms with Gasteiger partial charge in [0.15, 0.2) is 0 Å². The minimum absolute atomic E-state index is 0.767. The molecule has 2 rings (SSSR count). The van der Waals surface area contributed by atoms with E-state index in [0.717, 1.165) is 35.2 Å². The van der Waals surface area contributed by atoms with Gasteiger partial charge < -0.3 is 15.5 Å². The molecule has 0 amide bonds. The van der Waals surface area contributed by atoms with Crippen molar-refractivity contribution in [2.75, 3.05) is 37.8 Å². The Labute approximate surface area is 123 Å². The van der Waals surface area contributed by atoms with Crippen LogP contribution in [0.15, 0.2) is 10.8 Å². The summed E-state index contributed by atoms with van der Waals surface area (Å²) in [5.74, 6) is 1.65. The first-order chi connectivity index (χ1) is 9.22. The summed E-state index contributed by atoms with van der Waals surface area (Å²) in [7, 11) is 4.07. The summed E-state index contributed by atoms with van der Waals surface area (Å²) in [4.78, 5) is 10.9. The summed E-state index contributed by atoms with van der Waals surface area (Å²) < 4.78 is 0.890. The number of hydrogen-bond acceptors (Lipinski definition) is 5. The molecule has 1 fully saturated rings. The van der Waals surface area contributed by atoms with Crippen molar-refractivity contribution < 1.29 is 0 Å². The fourth-order valence-corrected chi connectivity index (χ4v) is 3.09. The lowest BCUT2D eigenvalue weighted by molar-refractivity contribution is 0.254. The maximum absolute atomic E-state index is 4.25. The van der Waals surface area contributed by atoms with E-state index in [0.29, 0.717) is 0 Å². The van der Waals surface area contributed by atoms with E-state index < -0.39 is 0 Å². The SMILES string of the molecule is CNc1ncnc(NCCN(C)C2CCCC2)c1Br. The van der Waals surface area contributed by atoms with Crippen molar-refractivity contribution in [1.29, 1.82) is 0 Å². The van der Waals surface area contributed by atoms with E-state index in [1.807, 2.05) is 7.05 Å². The Balaban J connectivity index is 1.82. The molecule has 106 valence electrons. The number of rotatable bonds is 6. The highest BCUT2D eigenvalue weighted by Crippen LogP contribution is 2.26. The molecule has 6 heteroatoms. The number of aromatic nitrogens is 2. The topological polar surface area (TPSA) is 53.1 Å². The van der Waals surface area contributed by atoms with Gasteiger partial charge in [-0.1, -0.05) is 12.8 Å². The minimum Gasteiger partial charge on any atom is -0.372 e. The Morgan fingerprint density at radius 1 is 1.32 bits per heavy atom. The molecule has 0 aromatic carbocycles. The number of likely N-dealkylation sites (N-methyl/N-ethyl adjacent to an activating group) is 1. The van der Waals surface area contributed by atoms with Crippen LogP contribution >= 0.6 is 15.9 Å². The highest BCUT2D eigenvalue weighted by atomic mass is 79.9. The van der Waals surface area contributed by atoms with Crippen molar-refractivity contribution >= 4 is 27.6 Å². The molecule has 0 unspecified atom stereocenters. The molecule has 1 saturated carbocycles. The maximum Gasteiger partial charge on any atom is 0.145 e. The van der Waals surface area contributed by atoms with Gasteiger partial charge in [0, 0.05) is 26.2 Å². The quantitative estimate of drug-likeness (QED) is 0.841. The molecule has 0 spiro atoms. The van der Waals surface area contributed by atoms with Crippen LogP contribution in [0.3, 0.4) is 0 Å². The van der Waals surface area contributed by atoms with Crippen LogP contribution in [0.4, 0.5) is 11.6 Å². The number of nitrogens with one attached hydrogen (secondary N) is 2. The predicted octanol–water partition coefficient (Wildman–Crippen LogP) is 2.57. The standard InChI is InChI=1S/C13H22BrN5/c1-15-12-11(14)13(18-9-17-12)16-7-8-19(2)10-5-3-4-6-10/h9-10H,3-8H2,1-2H3,(H2,15,16,17,18). The second-order valence-corrected chi connectivity index (χ2v) is 5.77. The normalized spacial score (nSPS) is 16.0. The van der Waals surface area contributed by atoms with Gasteiger partial charge in [0.25, 0.3) is 0 Å². The highest BCUT2D eigenvalue weighted by molar-refractivity contribution is 9.10. The van der Waals surface area contributed by atoms with Gasteiger partial charge in [-0.2, -0.15) is 0 Å². The van der Waals surface area contributed by atoms with E-state index in [9.17, 15) is 0 Å². The fourth-order valence-electron chi connectivity index (χ4n) is 2.55. The molecule has 1 aliphatic carbocycles. The second-order valence-electron chi connectivity index (χ2n) is 4.98. The van der Waals surface area contributed by atoms with Crippen molar-refractivity contribution in [3.05, 3.63) is 10.8 Å². The molecule has 1 aliphatic rings. The average molecular weight is 328 g/mol. The Kier molecular flexibility index (Phi) is 5.39. The van der Waals surface area contributed by atoms with Crippen molar-refractivity contribution in [2.45, 2.75) is 31.7 Å². The molecule has 0 atom stereocenters. The molecule has 1 aromatic rings. The summed E-state index contributed by atoms with van der Waals surface area (Å²) in [6, 6.07) is 0.767. The molecular weight excluding hydrogens is 306 g/mol. The lowest BCUT2D eigenvalue weighted by Gasteiger charge is -2.24. The number of halogens is 1. The fraction of sp³-hybridized carbons (Fsp3) is 0.692. The van der Waals surface area contributed by atoms with Crippen LogP contribution in [-0.4, -0.2) is 48.1 Å². The van der Waals surface area contributed by atoms with Gasteiger partial charge in [0.1, 0.15) is 22.4 Å². The summed E-state index contributed by atoms with van der Waals surface area (Å²) in [6.45, 7) is 1.93. The van der Waals surface area contributed by atoms with E-state index in [1.165, 1.54) is 25.7 Å². The third kappa shape index (κ3) is 3.79. The van der Waals surface area contributed by atoms with Crippen molar-refractivity contribution in [1.82, 2.24) is 14.9 Å². The smallest absolute Gasteiger partial charge is 0.145 e. The van der Waals surface area contributed by atoms with Crippen LogP contribution in [0, 0.1) is 0 Å². The molecule has 0 radical (unpaired) electrons. The molecule has 1 aromatic heterocycles. The predicted molar refractivity (Wildman–Crippen MR) is 82.7 cm³/mol. The van der Waals surface area contributed by atoms with Crippen molar-refractivity contribution in [2.24, 2.45) is 0 Å². The molecular formula is C13H22BrN5. The van der Waals surface area contributed by atoms with Gasteiger partial charge in [-0.05, 0) is 35.8 Å². The van der Waals surface area contributed by atoms with Crippen LogP contribution in [0.2, 0.25) is 0 Å².